The van der Waals surface area contributed by atoms with Crippen molar-refractivity contribution in [1.29, 1.82) is 0 Å². The van der Waals surface area contributed by atoms with E-state index in [1.807, 2.05) is 0 Å². The number of fused-ring (bicyclic) bond motifs is 3. The molecule has 6 nitrogen and oxygen atoms in total. The second-order valence-corrected chi connectivity index (χ2v) is 6.00. The fraction of sp³-hybridized carbons (Fsp3) is 0.143. The van der Waals surface area contributed by atoms with Gasteiger partial charge in [-0.25, -0.2) is 4.98 Å². The molecule has 0 fully saturated rings. The summed E-state index contributed by atoms with van der Waals surface area (Å²) in [5.74, 6) is 0.938. The van der Waals surface area contributed by atoms with E-state index in [0.29, 0.717) is 33.4 Å². The van der Waals surface area contributed by atoms with Gasteiger partial charge in [0.2, 0.25) is 5.95 Å². The van der Waals surface area contributed by atoms with E-state index in [9.17, 15) is 9.18 Å². The van der Waals surface area contributed by atoms with Crippen LogP contribution in [0, 0.1) is 5.95 Å². The summed E-state index contributed by atoms with van der Waals surface area (Å²) in [7, 11) is 4.56. The minimum absolute atomic E-state index is 0.147. The van der Waals surface area contributed by atoms with Crippen LogP contribution in [-0.4, -0.2) is 26.3 Å². The van der Waals surface area contributed by atoms with E-state index in [4.69, 9.17) is 18.6 Å². The highest BCUT2D eigenvalue weighted by Gasteiger charge is 2.20. The Labute approximate surface area is 159 Å². The average molecular weight is 381 g/mol. The zero-order valence-electron chi connectivity index (χ0n) is 15.4. The first-order valence-electron chi connectivity index (χ1n) is 8.40. The molecule has 4 aromatic rings. The van der Waals surface area contributed by atoms with Crippen LogP contribution in [-0.2, 0) is 0 Å². The van der Waals surface area contributed by atoms with Crippen LogP contribution in [0.3, 0.4) is 0 Å². The summed E-state index contributed by atoms with van der Waals surface area (Å²) in [6.45, 7) is 0. The van der Waals surface area contributed by atoms with E-state index in [1.165, 1.54) is 39.5 Å². The van der Waals surface area contributed by atoms with E-state index in [0.717, 1.165) is 0 Å². The van der Waals surface area contributed by atoms with Gasteiger partial charge in [0.05, 0.1) is 37.5 Å². The fourth-order valence-electron chi connectivity index (χ4n) is 3.24. The maximum absolute atomic E-state index is 13.6. The topological polar surface area (TPSA) is 70.8 Å². The standard InChI is InChI=1S/C21H16FNO5/c1-25-14-7-8-15(26-2)20-19(14)17(27-3)9-11-13(24)10-16(28-21(11)20)12-5-4-6-18(22)23-12/h4-10H,1-3H3. The molecule has 7 heteroatoms. The van der Waals surface area contributed by atoms with E-state index < -0.39 is 5.95 Å². The largest absolute Gasteiger partial charge is 0.496 e. The molecule has 0 spiro atoms. The van der Waals surface area contributed by atoms with E-state index in [-0.39, 0.29) is 22.5 Å². The van der Waals surface area contributed by atoms with Crippen LogP contribution in [0.15, 0.2) is 51.7 Å². The maximum Gasteiger partial charge on any atom is 0.213 e. The maximum atomic E-state index is 13.6. The Morgan fingerprint density at radius 2 is 1.57 bits per heavy atom. The second kappa shape index (κ2) is 6.84. The van der Waals surface area contributed by atoms with Crippen molar-refractivity contribution >= 4 is 21.7 Å². The number of hydrogen-bond acceptors (Lipinski definition) is 6. The van der Waals surface area contributed by atoms with Gasteiger partial charge in [0.1, 0.15) is 22.9 Å². The number of benzene rings is 2. The molecule has 2 heterocycles. The SMILES string of the molecule is COc1ccc(OC)c2c1c(OC)cc1c(=O)cc(-c3cccc(F)n3)oc12. The van der Waals surface area contributed by atoms with Crippen molar-refractivity contribution in [3.8, 4) is 28.7 Å². The van der Waals surface area contributed by atoms with Crippen LogP contribution in [0.4, 0.5) is 4.39 Å². The molecule has 0 unspecified atom stereocenters. The molecule has 142 valence electrons. The predicted octanol–water partition coefficient (Wildman–Crippen LogP) is 4.17. The molecule has 0 bridgehead atoms. The van der Waals surface area contributed by atoms with Crippen molar-refractivity contribution in [1.82, 2.24) is 4.98 Å². The quantitative estimate of drug-likeness (QED) is 0.390. The molecular weight excluding hydrogens is 365 g/mol. The lowest BCUT2D eigenvalue weighted by Gasteiger charge is -2.15. The summed E-state index contributed by atoms with van der Waals surface area (Å²) in [5.41, 5.74) is 0.178. The summed E-state index contributed by atoms with van der Waals surface area (Å²) in [6, 6.07) is 10.6. The average Bonchev–Trinajstić information content (AvgIpc) is 2.72. The number of methoxy groups -OCH3 is 3. The van der Waals surface area contributed by atoms with Gasteiger partial charge in [0.15, 0.2) is 16.8 Å². The van der Waals surface area contributed by atoms with Crippen LogP contribution in [0.5, 0.6) is 17.2 Å². The number of pyridine rings is 1. The molecule has 0 saturated carbocycles. The molecule has 0 aliphatic rings. The molecule has 2 aromatic carbocycles. The summed E-state index contributed by atoms with van der Waals surface area (Å²) in [4.78, 5) is 16.6. The predicted molar refractivity (Wildman–Crippen MR) is 103 cm³/mol. The third kappa shape index (κ3) is 2.72. The molecule has 2 aromatic heterocycles. The summed E-state index contributed by atoms with van der Waals surface area (Å²) in [6.07, 6.45) is 0. The molecule has 0 atom stereocenters. The number of hydrogen-bond donors (Lipinski definition) is 0. The fourth-order valence-corrected chi connectivity index (χ4v) is 3.24. The Morgan fingerprint density at radius 3 is 2.21 bits per heavy atom. The first kappa shape index (κ1) is 17.8. The number of nitrogens with zero attached hydrogens (tertiary/aromatic N) is 1. The van der Waals surface area contributed by atoms with Crippen LogP contribution in [0.2, 0.25) is 0 Å². The Balaban J connectivity index is 2.19. The van der Waals surface area contributed by atoms with Crippen LogP contribution in [0.25, 0.3) is 33.2 Å². The molecule has 0 amide bonds. The van der Waals surface area contributed by atoms with Gasteiger partial charge in [-0.05, 0) is 30.3 Å². The molecule has 28 heavy (non-hydrogen) atoms. The second-order valence-electron chi connectivity index (χ2n) is 6.00. The van der Waals surface area contributed by atoms with Gasteiger partial charge in [-0.2, -0.15) is 4.39 Å². The van der Waals surface area contributed by atoms with E-state index in [1.54, 1.807) is 24.3 Å². The molecular formula is C21H16FNO5. The normalized spacial score (nSPS) is 11.0. The van der Waals surface area contributed by atoms with Crippen molar-refractivity contribution in [2.45, 2.75) is 0 Å². The number of rotatable bonds is 4. The molecule has 0 aliphatic heterocycles. The Kier molecular flexibility index (Phi) is 4.35. The van der Waals surface area contributed by atoms with Crippen LogP contribution in [0.1, 0.15) is 0 Å². The zero-order valence-corrected chi connectivity index (χ0v) is 15.4. The number of aromatic nitrogens is 1. The zero-order chi connectivity index (χ0) is 19.8. The monoisotopic (exact) mass is 381 g/mol. The van der Waals surface area contributed by atoms with E-state index >= 15 is 0 Å². The van der Waals surface area contributed by atoms with Gasteiger partial charge in [-0.1, -0.05) is 6.07 Å². The molecule has 4 rings (SSSR count). The van der Waals surface area contributed by atoms with Crippen molar-refractivity contribution in [2.24, 2.45) is 0 Å². The lowest BCUT2D eigenvalue weighted by molar-refractivity contribution is 0.400. The third-order valence-corrected chi connectivity index (χ3v) is 4.49. The van der Waals surface area contributed by atoms with Gasteiger partial charge >= 0.3 is 0 Å². The number of halogens is 1. The summed E-state index contributed by atoms with van der Waals surface area (Å²) >= 11 is 0. The van der Waals surface area contributed by atoms with Gasteiger partial charge in [-0.15, -0.1) is 0 Å². The third-order valence-electron chi connectivity index (χ3n) is 4.49. The highest BCUT2D eigenvalue weighted by atomic mass is 19.1. The minimum atomic E-state index is -0.668. The van der Waals surface area contributed by atoms with Gasteiger partial charge in [-0.3, -0.25) is 4.79 Å². The first-order valence-corrected chi connectivity index (χ1v) is 8.40. The van der Waals surface area contributed by atoms with E-state index in [2.05, 4.69) is 4.98 Å². The summed E-state index contributed by atoms with van der Waals surface area (Å²) in [5, 5.41) is 1.42. The van der Waals surface area contributed by atoms with Crippen molar-refractivity contribution in [3.63, 3.8) is 0 Å². The highest BCUT2D eigenvalue weighted by Crippen LogP contribution is 2.43. The lowest BCUT2D eigenvalue weighted by Crippen LogP contribution is -2.03. The van der Waals surface area contributed by atoms with Gasteiger partial charge in [0, 0.05) is 6.07 Å². The van der Waals surface area contributed by atoms with Crippen LogP contribution >= 0.6 is 0 Å². The Hall–Kier alpha value is -3.61. The van der Waals surface area contributed by atoms with Crippen molar-refractivity contribution < 1.29 is 23.0 Å². The van der Waals surface area contributed by atoms with Crippen molar-refractivity contribution in [2.75, 3.05) is 21.3 Å². The lowest BCUT2D eigenvalue weighted by atomic mass is 10.0. The summed E-state index contributed by atoms with van der Waals surface area (Å²) < 4.78 is 36.0. The minimum Gasteiger partial charge on any atom is -0.496 e. The van der Waals surface area contributed by atoms with Gasteiger partial charge < -0.3 is 18.6 Å². The highest BCUT2D eigenvalue weighted by molar-refractivity contribution is 6.13. The molecule has 0 radical (unpaired) electrons. The van der Waals surface area contributed by atoms with Crippen LogP contribution < -0.4 is 19.6 Å². The molecule has 0 N–H and O–H groups in total. The first-order chi connectivity index (χ1) is 13.6. The Morgan fingerprint density at radius 1 is 0.893 bits per heavy atom. The number of ether oxygens (including phenoxy) is 3. The van der Waals surface area contributed by atoms with Crippen molar-refractivity contribution in [3.05, 3.63) is 58.6 Å². The van der Waals surface area contributed by atoms with Gasteiger partial charge in [0.25, 0.3) is 0 Å². The molecule has 0 saturated heterocycles. The Bertz CT molecular complexity index is 1270. The molecule has 0 aliphatic carbocycles. The smallest absolute Gasteiger partial charge is 0.213 e.